The lowest BCUT2D eigenvalue weighted by Crippen LogP contribution is -2.40. The first-order chi connectivity index (χ1) is 15.5. The molecule has 10 nitrogen and oxygen atoms in total. The van der Waals surface area contributed by atoms with E-state index in [0.717, 1.165) is 11.3 Å². The lowest BCUT2D eigenvalue weighted by Gasteiger charge is -2.30. The van der Waals surface area contributed by atoms with Crippen molar-refractivity contribution in [2.75, 3.05) is 18.4 Å². The Morgan fingerprint density at radius 3 is 2.81 bits per heavy atom. The van der Waals surface area contributed by atoms with E-state index in [4.69, 9.17) is 18.7 Å². The number of carbonyl (C=O) groups is 1. The molecule has 0 radical (unpaired) electrons. The van der Waals surface area contributed by atoms with Crippen molar-refractivity contribution in [3.8, 4) is 17.2 Å². The highest BCUT2D eigenvalue weighted by Crippen LogP contribution is 2.25. The third-order valence-corrected chi connectivity index (χ3v) is 4.72. The molecule has 0 bridgehead atoms. The summed E-state index contributed by atoms with van der Waals surface area (Å²) in [5.41, 5.74) is 1.76. The van der Waals surface area contributed by atoms with Crippen molar-refractivity contribution in [1.29, 1.82) is 0 Å². The molecule has 3 heterocycles. The van der Waals surface area contributed by atoms with Crippen LogP contribution in [0.25, 0.3) is 11.3 Å². The highest BCUT2D eigenvalue weighted by atomic mass is 16.8. The van der Waals surface area contributed by atoms with Crippen LogP contribution < -0.4 is 10.1 Å². The predicted molar refractivity (Wildman–Crippen MR) is 115 cm³/mol. The van der Waals surface area contributed by atoms with Crippen LogP contribution in [-0.4, -0.2) is 51.5 Å². The Hall–Kier alpha value is -3.66. The summed E-state index contributed by atoms with van der Waals surface area (Å²) >= 11 is 0. The highest BCUT2D eigenvalue weighted by Gasteiger charge is 2.24. The number of anilines is 2. The minimum Gasteiger partial charge on any atom is -0.474 e. The van der Waals surface area contributed by atoms with E-state index in [1.54, 1.807) is 31.2 Å². The summed E-state index contributed by atoms with van der Waals surface area (Å²) in [4.78, 5) is 29.3. The van der Waals surface area contributed by atoms with Gasteiger partial charge in [0.1, 0.15) is 18.2 Å². The van der Waals surface area contributed by atoms with Gasteiger partial charge in [0.15, 0.2) is 12.2 Å². The van der Waals surface area contributed by atoms with Crippen molar-refractivity contribution < 1.29 is 23.5 Å². The van der Waals surface area contributed by atoms with Crippen LogP contribution in [0.15, 0.2) is 53.7 Å². The van der Waals surface area contributed by atoms with E-state index >= 15 is 0 Å². The molecule has 4 rings (SSSR count). The maximum atomic E-state index is 11.6. The Morgan fingerprint density at radius 1 is 1.22 bits per heavy atom. The number of aromatic nitrogens is 3. The molecule has 1 N–H and O–H groups in total. The second-order valence-electron chi connectivity index (χ2n) is 7.57. The summed E-state index contributed by atoms with van der Waals surface area (Å²) in [5.74, 6) is 1.78. The summed E-state index contributed by atoms with van der Waals surface area (Å²) in [6.07, 6.45) is 4.98. The van der Waals surface area contributed by atoms with Gasteiger partial charge in [0.05, 0.1) is 12.3 Å². The number of hydrogen-bond acceptors (Lipinski definition) is 10. The van der Waals surface area contributed by atoms with Crippen LogP contribution in [0.1, 0.15) is 26.7 Å². The maximum absolute atomic E-state index is 11.6. The molecule has 10 heteroatoms. The molecule has 0 amide bonds. The molecule has 168 valence electrons. The third kappa shape index (κ3) is 5.94. The van der Waals surface area contributed by atoms with E-state index in [0.29, 0.717) is 43.4 Å². The summed E-state index contributed by atoms with van der Waals surface area (Å²) < 4.78 is 16.4. The molecule has 1 aliphatic rings. The summed E-state index contributed by atoms with van der Waals surface area (Å²) in [6, 6.07) is 9.50. The van der Waals surface area contributed by atoms with Crippen molar-refractivity contribution in [3.05, 3.63) is 49.2 Å². The van der Waals surface area contributed by atoms with E-state index in [-0.39, 0.29) is 12.2 Å². The van der Waals surface area contributed by atoms with Gasteiger partial charge in [0.2, 0.25) is 5.88 Å². The third-order valence-electron chi connectivity index (χ3n) is 4.72. The molecule has 1 saturated heterocycles. The Balaban J connectivity index is 1.31. The fourth-order valence-electron chi connectivity index (χ4n) is 3.26. The Morgan fingerprint density at radius 2 is 2.06 bits per heavy atom. The van der Waals surface area contributed by atoms with E-state index in [9.17, 15) is 4.79 Å². The molecular formula is C22H25N5O5. The van der Waals surface area contributed by atoms with Gasteiger partial charge in [-0.05, 0) is 26.0 Å². The van der Waals surface area contributed by atoms with Gasteiger partial charge in [0, 0.05) is 43.2 Å². The summed E-state index contributed by atoms with van der Waals surface area (Å²) in [7, 11) is 0. The van der Waals surface area contributed by atoms with E-state index in [2.05, 4.69) is 20.3 Å². The standard InChI is InChI=1S/C22H25N5O5/c1-15(2)30-22(28)32-27-8-6-18(7-9-27)31-21-11-20(24-13-25-21)26-17-5-3-4-16(10-17)19-12-23-14-29-19/h3-5,10-15,18H,6-9H2,1-2H3,(H,24,25,26). The zero-order valence-electron chi connectivity index (χ0n) is 17.9. The molecule has 2 aromatic heterocycles. The maximum Gasteiger partial charge on any atom is 0.528 e. The van der Waals surface area contributed by atoms with Crippen LogP contribution in [0.5, 0.6) is 5.88 Å². The molecule has 0 aliphatic carbocycles. The number of hydroxylamine groups is 2. The van der Waals surface area contributed by atoms with Crippen LogP contribution in [0.4, 0.5) is 16.3 Å². The fraction of sp³-hybridized carbons (Fsp3) is 0.364. The molecule has 0 spiro atoms. The molecule has 1 aliphatic heterocycles. The quantitative estimate of drug-likeness (QED) is 0.538. The molecule has 0 atom stereocenters. The number of nitrogens with one attached hydrogen (secondary N) is 1. The topological polar surface area (TPSA) is 112 Å². The first kappa shape index (κ1) is 21.6. The molecule has 1 fully saturated rings. The molecular weight excluding hydrogens is 414 g/mol. The lowest BCUT2D eigenvalue weighted by atomic mass is 10.1. The number of oxazole rings is 1. The van der Waals surface area contributed by atoms with Crippen LogP contribution >= 0.6 is 0 Å². The largest absolute Gasteiger partial charge is 0.528 e. The first-order valence-electron chi connectivity index (χ1n) is 10.4. The predicted octanol–water partition coefficient (Wildman–Crippen LogP) is 4.20. The van der Waals surface area contributed by atoms with Crippen LogP contribution in [0, 0.1) is 0 Å². The smallest absolute Gasteiger partial charge is 0.474 e. The SMILES string of the molecule is CC(C)OC(=O)ON1CCC(Oc2cc(Nc3cccc(-c4cnco4)c3)ncn2)CC1. The van der Waals surface area contributed by atoms with Crippen molar-refractivity contribution >= 4 is 17.7 Å². The van der Waals surface area contributed by atoms with E-state index < -0.39 is 6.16 Å². The number of ether oxygens (including phenoxy) is 2. The van der Waals surface area contributed by atoms with Crippen LogP contribution in [-0.2, 0) is 9.57 Å². The molecule has 3 aromatic rings. The Labute approximate surface area is 185 Å². The van der Waals surface area contributed by atoms with Gasteiger partial charge < -0.3 is 24.0 Å². The van der Waals surface area contributed by atoms with Gasteiger partial charge >= 0.3 is 6.16 Å². The molecule has 0 saturated carbocycles. The zero-order valence-corrected chi connectivity index (χ0v) is 17.9. The van der Waals surface area contributed by atoms with Gasteiger partial charge in [-0.1, -0.05) is 12.1 Å². The van der Waals surface area contributed by atoms with Gasteiger partial charge in [-0.25, -0.2) is 19.7 Å². The van der Waals surface area contributed by atoms with Gasteiger partial charge in [-0.2, -0.15) is 0 Å². The zero-order chi connectivity index (χ0) is 22.3. The Kier molecular flexibility index (Phi) is 6.81. The van der Waals surface area contributed by atoms with Crippen molar-refractivity contribution in [1.82, 2.24) is 20.0 Å². The first-order valence-corrected chi connectivity index (χ1v) is 10.4. The minimum absolute atomic E-state index is 0.0338. The normalized spacial score (nSPS) is 14.8. The number of rotatable bonds is 7. The molecule has 1 aromatic carbocycles. The second-order valence-corrected chi connectivity index (χ2v) is 7.57. The van der Waals surface area contributed by atoms with Crippen molar-refractivity contribution in [3.63, 3.8) is 0 Å². The average molecular weight is 439 g/mol. The van der Waals surface area contributed by atoms with E-state index in [1.165, 1.54) is 12.7 Å². The number of piperidine rings is 1. The van der Waals surface area contributed by atoms with Gasteiger partial charge in [-0.3, -0.25) is 0 Å². The Bertz CT molecular complexity index is 1020. The van der Waals surface area contributed by atoms with Crippen molar-refractivity contribution in [2.45, 2.75) is 38.9 Å². The monoisotopic (exact) mass is 439 g/mol. The highest BCUT2D eigenvalue weighted by molar-refractivity contribution is 5.66. The molecule has 32 heavy (non-hydrogen) atoms. The van der Waals surface area contributed by atoms with Crippen LogP contribution in [0.3, 0.4) is 0 Å². The average Bonchev–Trinajstić information content (AvgIpc) is 3.30. The fourth-order valence-corrected chi connectivity index (χ4v) is 3.26. The minimum atomic E-state index is -0.682. The summed E-state index contributed by atoms with van der Waals surface area (Å²) in [5, 5.41) is 4.85. The molecule has 0 unspecified atom stereocenters. The number of hydrogen-bond donors (Lipinski definition) is 1. The van der Waals surface area contributed by atoms with Gasteiger partial charge in [-0.15, -0.1) is 5.06 Å². The number of nitrogens with zero attached hydrogens (tertiary/aromatic N) is 4. The number of carbonyl (C=O) groups excluding carboxylic acids is 1. The van der Waals surface area contributed by atoms with Crippen molar-refractivity contribution in [2.24, 2.45) is 0 Å². The van der Waals surface area contributed by atoms with E-state index in [1.807, 2.05) is 24.3 Å². The number of benzene rings is 1. The van der Waals surface area contributed by atoms with Crippen LogP contribution in [0.2, 0.25) is 0 Å². The van der Waals surface area contributed by atoms with Gasteiger partial charge in [0.25, 0.3) is 0 Å². The summed E-state index contributed by atoms with van der Waals surface area (Å²) in [6.45, 7) is 4.67. The lowest BCUT2D eigenvalue weighted by molar-refractivity contribution is -0.151. The second kappa shape index (κ2) is 10.1.